The van der Waals surface area contributed by atoms with Crippen molar-refractivity contribution in [3.8, 4) is 0 Å². The van der Waals surface area contributed by atoms with Gasteiger partial charge in [0.05, 0.1) is 0 Å². The zero-order valence-electron chi connectivity index (χ0n) is 14.7. The maximum Gasteiger partial charge on any atom is 0.275 e. The summed E-state index contributed by atoms with van der Waals surface area (Å²) in [5.74, 6) is 0.799. The Bertz CT molecular complexity index is 640. The van der Waals surface area contributed by atoms with Crippen molar-refractivity contribution in [1.29, 1.82) is 0 Å². The lowest BCUT2D eigenvalue weighted by Gasteiger charge is -2.56. The molecule has 25 heavy (non-hydrogen) atoms. The van der Waals surface area contributed by atoms with Gasteiger partial charge in [0.1, 0.15) is 6.04 Å². The normalized spacial score (nSPS) is 34.1. The third-order valence-electron chi connectivity index (χ3n) is 6.57. The minimum absolute atomic E-state index is 0.0326. The van der Waals surface area contributed by atoms with Crippen LogP contribution in [0.1, 0.15) is 57.1 Å². The Balaban J connectivity index is 1.32. The molecule has 0 unspecified atom stereocenters. The molecule has 1 atom stereocenters. The van der Waals surface area contributed by atoms with Crippen LogP contribution in [0.25, 0.3) is 0 Å². The molecule has 3 N–H and O–H groups in total. The van der Waals surface area contributed by atoms with Crippen LogP contribution in [-0.4, -0.2) is 18.0 Å². The van der Waals surface area contributed by atoms with E-state index in [-0.39, 0.29) is 17.5 Å². The minimum atomic E-state index is -0.837. The van der Waals surface area contributed by atoms with E-state index in [9.17, 15) is 13.6 Å². The summed E-state index contributed by atoms with van der Waals surface area (Å²) in [7, 11) is 0. The van der Waals surface area contributed by atoms with Crippen LogP contribution in [0, 0.1) is 29.4 Å². The maximum atomic E-state index is 13.4. The van der Waals surface area contributed by atoms with E-state index in [1.165, 1.54) is 25.3 Å². The van der Waals surface area contributed by atoms with Crippen LogP contribution in [0.4, 0.5) is 8.78 Å². The Morgan fingerprint density at radius 3 is 2.32 bits per heavy atom. The molecule has 1 aromatic carbocycles. The summed E-state index contributed by atoms with van der Waals surface area (Å²) in [5, 5.41) is 5.24. The Morgan fingerprint density at radius 2 is 1.76 bits per heavy atom. The number of benzene rings is 1. The van der Waals surface area contributed by atoms with Crippen molar-refractivity contribution in [3.05, 3.63) is 35.4 Å². The molecule has 4 saturated carbocycles. The van der Waals surface area contributed by atoms with Gasteiger partial charge in [-0.3, -0.25) is 4.79 Å². The van der Waals surface area contributed by atoms with Gasteiger partial charge in [-0.25, -0.2) is 8.78 Å². The topological polar surface area (TPSA) is 45.7 Å². The fourth-order valence-electron chi connectivity index (χ4n) is 5.83. The molecule has 4 aliphatic rings. The molecule has 0 spiro atoms. The maximum absolute atomic E-state index is 13.4. The molecule has 136 valence electrons. The summed E-state index contributed by atoms with van der Waals surface area (Å²) in [5.41, 5.74) is 0.728. The molecule has 4 fully saturated rings. The number of carbonyl (C=O) groups excluding carboxylic acids is 1. The third kappa shape index (κ3) is 3.43. The number of amides is 1. The highest BCUT2D eigenvalue weighted by Gasteiger charge is 2.51. The van der Waals surface area contributed by atoms with E-state index in [0.717, 1.165) is 43.1 Å². The molecule has 5 heteroatoms. The summed E-state index contributed by atoms with van der Waals surface area (Å²) in [6, 6.07) is 3.85. The lowest BCUT2D eigenvalue weighted by Crippen LogP contribution is -2.87. The first-order valence-electron chi connectivity index (χ1n) is 9.52. The predicted octanol–water partition coefficient (Wildman–Crippen LogP) is 2.67. The fourth-order valence-corrected chi connectivity index (χ4v) is 5.83. The average molecular weight is 349 g/mol. The molecular weight excluding hydrogens is 322 g/mol. The van der Waals surface area contributed by atoms with Crippen LogP contribution >= 0.6 is 0 Å². The van der Waals surface area contributed by atoms with Crippen molar-refractivity contribution in [2.75, 3.05) is 6.54 Å². The molecule has 3 nitrogen and oxygen atoms in total. The van der Waals surface area contributed by atoms with Gasteiger partial charge in [0.15, 0.2) is 18.2 Å². The van der Waals surface area contributed by atoms with Gasteiger partial charge < -0.3 is 10.6 Å². The van der Waals surface area contributed by atoms with E-state index in [0.29, 0.717) is 12.1 Å². The Hall–Kier alpha value is -1.49. The first-order chi connectivity index (χ1) is 11.9. The van der Waals surface area contributed by atoms with E-state index < -0.39 is 11.6 Å². The highest BCUT2D eigenvalue weighted by Crippen LogP contribution is 2.55. The second kappa shape index (κ2) is 6.35. The summed E-state index contributed by atoms with van der Waals surface area (Å²) >= 11 is 0. The molecule has 4 bridgehead atoms. The number of hydrogen-bond donors (Lipinski definition) is 2. The largest absolute Gasteiger partial charge is 0.346 e. The SMILES string of the molecule is C[C@@H]([NH2+]CC(=O)NC12CC3CC(CC(C3)C1)C2)c1ccc(F)c(F)c1. The van der Waals surface area contributed by atoms with Gasteiger partial charge >= 0.3 is 0 Å². The number of nitrogens with one attached hydrogen (secondary N) is 1. The molecule has 0 aliphatic heterocycles. The van der Waals surface area contributed by atoms with E-state index in [1.54, 1.807) is 6.07 Å². The summed E-state index contributed by atoms with van der Waals surface area (Å²) in [6.07, 6.45) is 7.49. The molecule has 4 aliphatic carbocycles. The van der Waals surface area contributed by atoms with Crippen LogP contribution in [0.3, 0.4) is 0 Å². The van der Waals surface area contributed by atoms with Crippen molar-refractivity contribution in [2.45, 2.75) is 57.0 Å². The van der Waals surface area contributed by atoms with Crippen molar-refractivity contribution < 1.29 is 18.9 Å². The number of rotatable bonds is 5. The second-order valence-corrected chi connectivity index (χ2v) is 8.65. The number of quaternary nitrogens is 1. The quantitative estimate of drug-likeness (QED) is 0.843. The van der Waals surface area contributed by atoms with Crippen LogP contribution in [0.2, 0.25) is 0 Å². The number of nitrogens with two attached hydrogens (primary N) is 1. The lowest BCUT2D eigenvalue weighted by molar-refractivity contribution is -0.682. The van der Waals surface area contributed by atoms with Gasteiger partial charge in [-0.05, 0) is 81.4 Å². The average Bonchev–Trinajstić information content (AvgIpc) is 2.53. The van der Waals surface area contributed by atoms with Gasteiger partial charge in [-0.2, -0.15) is 0 Å². The first kappa shape index (κ1) is 17.0. The van der Waals surface area contributed by atoms with Crippen LogP contribution < -0.4 is 10.6 Å². The van der Waals surface area contributed by atoms with Gasteiger partial charge in [0, 0.05) is 11.1 Å². The monoisotopic (exact) mass is 349 g/mol. The molecule has 0 radical (unpaired) electrons. The molecular formula is C20H27F2N2O+. The summed E-state index contributed by atoms with van der Waals surface area (Å²) in [4.78, 5) is 12.5. The zero-order valence-corrected chi connectivity index (χ0v) is 14.7. The Morgan fingerprint density at radius 1 is 1.16 bits per heavy atom. The molecule has 0 saturated heterocycles. The first-order valence-corrected chi connectivity index (χ1v) is 9.52. The van der Waals surface area contributed by atoms with Crippen molar-refractivity contribution in [1.82, 2.24) is 5.32 Å². The number of hydrogen-bond acceptors (Lipinski definition) is 1. The van der Waals surface area contributed by atoms with Gasteiger partial charge in [0.25, 0.3) is 5.91 Å². The third-order valence-corrected chi connectivity index (χ3v) is 6.57. The van der Waals surface area contributed by atoms with E-state index >= 15 is 0 Å². The van der Waals surface area contributed by atoms with Crippen LogP contribution in [0.5, 0.6) is 0 Å². The zero-order chi connectivity index (χ0) is 17.6. The van der Waals surface area contributed by atoms with E-state index in [2.05, 4.69) is 5.32 Å². The fraction of sp³-hybridized carbons (Fsp3) is 0.650. The van der Waals surface area contributed by atoms with Crippen molar-refractivity contribution >= 4 is 5.91 Å². The smallest absolute Gasteiger partial charge is 0.275 e. The van der Waals surface area contributed by atoms with Crippen molar-refractivity contribution in [2.24, 2.45) is 17.8 Å². The summed E-state index contributed by atoms with van der Waals surface area (Å²) in [6.45, 7) is 2.23. The van der Waals surface area contributed by atoms with Gasteiger partial charge in [0.2, 0.25) is 0 Å². The van der Waals surface area contributed by atoms with Gasteiger partial charge in [-0.1, -0.05) is 0 Å². The molecule has 0 aromatic heterocycles. The highest BCUT2D eigenvalue weighted by molar-refractivity contribution is 5.77. The van der Waals surface area contributed by atoms with Gasteiger partial charge in [-0.15, -0.1) is 0 Å². The lowest BCUT2D eigenvalue weighted by atomic mass is 9.53. The minimum Gasteiger partial charge on any atom is -0.346 e. The van der Waals surface area contributed by atoms with E-state index in [1.807, 2.05) is 12.2 Å². The number of carbonyl (C=O) groups is 1. The van der Waals surface area contributed by atoms with Crippen LogP contribution in [0.15, 0.2) is 18.2 Å². The predicted molar refractivity (Wildman–Crippen MR) is 90.6 cm³/mol. The molecule has 1 amide bonds. The van der Waals surface area contributed by atoms with Crippen molar-refractivity contribution in [3.63, 3.8) is 0 Å². The molecule has 5 rings (SSSR count). The van der Waals surface area contributed by atoms with E-state index in [4.69, 9.17) is 0 Å². The Kier molecular flexibility index (Phi) is 4.30. The highest BCUT2D eigenvalue weighted by atomic mass is 19.2. The number of halogens is 2. The van der Waals surface area contributed by atoms with Crippen LogP contribution in [-0.2, 0) is 4.79 Å². The Labute approximate surface area is 147 Å². The molecule has 0 heterocycles. The molecule has 1 aromatic rings. The second-order valence-electron chi connectivity index (χ2n) is 8.65. The standard InChI is InChI=1S/C20H26F2N2O/c1-12(16-2-3-17(21)18(22)7-16)23-11-19(25)24-20-8-13-4-14(9-20)6-15(5-13)10-20/h2-3,7,12-15,23H,4-6,8-11H2,1H3,(H,24,25)/p+1/t12-,13?,14?,15?,20?/m1/s1. The summed E-state index contributed by atoms with van der Waals surface area (Å²) < 4.78 is 26.4.